The largest absolute Gasteiger partial charge is 0.390 e. The molecule has 1 aromatic heterocycles. The van der Waals surface area contributed by atoms with E-state index in [-0.39, 0.29) is 5.82 Å². The summed E-state index contributed by atoms with van der Waals surface area (Å²) in [6.45, 7) is 0. The minimum Gasteiger partial charge on any atom is -0.358 e. The maximum Gasteiger partial charge on any atom is 0.390 e. The Kier molecular flexibility index (Phi) is 2.36. The van der Waals surface area contributed by atoms with Crippen LogP contribution in [0.4, 0.5) is 5.82 Å². The number of hydrogen-bond donors (Lipinski definition) is 0. The summed E-state index contributed by atoms with van der Waals surface area (Å²) >= 11 is 0. The number of hydrogen-bond acceptors (Lipinski definition) is 4. The van der Waals surface area contributed by atoms with Crippen molar-refractivity contribution in [1.29, 1.82) is 5.26 Å². The van der Waals surface area contributed by atoms with E-state index >= 15 is 0 Å². The lowest BCUT2D eigenvalue weighted by Crippen LogP contribution is -1.99. The molecule has 0 amide bonds. The average Bonchev–Trinajstić information content (AvgIpc) is 2.78. The summed E-state index contributed by atoms with van der Waals surface area (Å²) in [6, 6.07) is 10.1. The molecule has 0 saturated heterocycles. The number of nitro groups is 1. The monoisotopic (exact) mass is 214 g/mol. The molecule has 6 nitrogen and oxygen atoms in total. The number of aromatic nitrogens is 2. The third kappa shape index (κ3) is 1.62. The topological polar surface area (TPSA) is 84.8 Å². The van der Waals surface area contributed by atoms with Gasteiger partial charge in [0.2, 0.25) is 0 Å². The van der Waals surface area contributed by atoms with Crippen LogP contribution in [0.5, 0.6) is 0 Å². The molecular weight excluding hydrogens is 208 g/mol. The number of rotatable bonds is 2. The zero-order chi connectivity index (χ0) is 11.5. The number of nitriles is 1. The van der Waals surface area contributed by atoms with E-state index in [1.54, 1.807) is 24.3 Å². The normalized spacial score (nSPS) is 9.69. The van der Waals surface area contributed by atoms with E-state index in [1.807, 2.05) is 6.07 Å². The molecule has 2 rings (SSSR count). The van der Waals surface area contributed by atoms with Crippen molar-refractivity contribution in [2.45, 2.75) is 0 Å². The molecule has 0 unspecified atom stereocenters. The Morgan fingerprint density at radius 1 is 1.38 bits per heavy atom. The van der Waals surface area contributed by atoms with Crippen molar-refractivity contribution >= 4 is 5.82 Å². The third-order valence-corrected chi connectivity index (χ3v) is 2.03. The lowest BCUT2D eigenvalue weighted by molar-refractivity contribution is -0.389. The molecule has 2 aromatic rings. The summed E-state index contributed by atoms with van der Waals surface area (Å²) in [4.78, 5) is 9.89. The van der Waals surface area contributed by atoms with Crippen LogP contribution in [0, 0.1) is 21.4 Å². The van der Waals surface area contributed by atoms with E-state index in [1.165, 1.54) is 16.9 Å². The molecule has 0 radical (unpaired) electrons. The molecule has 6 heteroatoms. The van der Waals surface area contributed by atoms with E-state index in [4.69, 9.17) is 5.26 Å². The summed E-state index contributed by atoms with van der Waals surface area (Å²) in [5.41, 5.74) is 0.943. The van der Waals surface area contributed by atoms with Crippen LogP contribution in [0.1, 0.15) is 5.56 Å². The van der Waals surface area contributed by atoms with Crippen molar-refractivity contribution in [3.05, 3.63) is 52.2 Å². The van der Waals surface area contributed by atoms with E-state index < -0.39 is 4.92 Å². The molecule has 1 aromatic carbocycles. The van der Waals surface area contributed by atoms with Gasteiger partial charge in [0, 0.05) is 0 Å². The highest BCUT2D eigenvalue weighted by Crippen LogP contribution is 2.15. The molecule has 0 fully saturated rings. The van der Waals surface area contributed by atoms with Crippen LogP contribution in [0.2, 0.25) is 0 Å². The van der Waals surface area contributed by atoms with Gasteiger partial charge < -0.3 is 10.1 Å². The minimum atomic E-state index is -0.578. The first kappa shape index (κ1) is 9.86. The zero-order valence-corrected chi connectivity index (χ0v) is 8.07. The summed E-state index contributed by atoms with van der Waals surface area (Å²) in [7, 11) is 0. The van der Waals surface area contributed by atoms with Crippen LogP contribution >= 0.6 is 0 Å². The van der Waals surface area contributed by atoms with Crippen molar-refractivity contribution < 1.29 is 4.92 Å². The fraction of sp³-hybridized carbons (Fsp3) is 0. The van der Waals surface area contributed by atoms with Gasteiger partial charge in [-0.25, -0.2) is 0 Å². The lowest BCUT2D eigenvalue weighted by atomic mass is 10.2. The second kappa shape index (κ2) is 3.82. The maximum absolute atomic E-state index is 10.5. The molecule has 0 aliphatic rings. The molecule has 0 bridgehead atoms. The van der Waals surface area contributed by atoms with Gasteiger partial charge in [0.25, 0.3) is 0 Å². The van der Waals surface area contributed by atoms with E-state index in [0.29, 0.717) is 11.3 Å². The molecular formula is C10H6N4O2. The highest BCUT2D eigenvalue weighted by atomic mass is 16.6. The summed E-state index contributed by atoms with van der Waals surface area (Å²) < 4.78 is 1.32. The number of nitrogens with zero attached hydrogens (tertiary/aromatic N) is 4. The van der Waals surface area contributed by atoms with Gasteiger partial charge in [-0.2, -0.15) is 5.26 Å². The quantitative estimate of drug-likeness (QED) is 0.562. The predicted octanol–water partition coefficient (Wildman–Crippen LogP) is 1.65. The molecule has 0 atom stereocenters. The molecule has 0 aliphatic heterocycles. The van der Waals surface area contributed by atoms with Gasteiger partial charge in [0.05, 0.1) is 22.9 Å². The first-order valence-electron chi connectivity index (χ1n) is 4.42. The Morgan fingerprint density at radius 2 is 2.12 bits per heavy atom. The molecule has 1 heterocycles. The SMILES string of the molecule is N#Cc1ccccc1-n1ccc([N+](=O)[O-])n1. The summed E-state index contributed by atoms with van der Waals surface area (Å²) in [6.07, 6.45) is 1.45. The van der Waals surface area contributed by atoms with Gasteiger partial charge in [0.15, 0.2) is 0 Å². The minimum absolute atomic E-state index is 0.243. The highest BCUT2D eigenvalue weighted by molar-refractivity contribution is 5.48. The van der Waals surface area contributed by atoms with Crippen LogP contribution in [-0.4, -0.2) is 14.7 Å². The summed E-state index contributed by atoms with van der Waals surface area (Å²) in [5.74, 6) is -0.243. The van der Waals surface area contributed by atoms with Crippen LogP contribution in [-0.2, 0) is 0 Å². The van der Waals surface area contributed by atoms with E-state index in [2.05, 4.69) is 5.10 Å². The zero-order valence-electron chi connectivity index (χ0n) is 8.07. The van der Waals surface area contributed by atoms with Crippen molar-refractivity contribution in [1.82, 2.24) is 9.78 Å². The average molecular weight is 214 g/mol. The Bertz CT molecular complexity index is 583. The Balaban J connectivity index is 2.51. The van der Waals surface area contributed by atoms with Crippen LogP contribution in [0.25, 0.3) is 5.69 Å². The maximum atomic E-state index is 10.5. The van der Waals surface area contributed by atoms with Crippen molar-refractivity contribution in [2.75, 3.05) is 0 Å². The van der Waals surface area contributed by atoms with Crippen LogP contribution < -0.4 is 0 Å². The van der Waals surface area contributed by atoms with Crippen LogP contribution in [0.3, 0.4) is 0 Å². The third-order valence-electron chi connectivity index (χ3n) is 2.03. The Labute approximate surface area is 90.5 Å². The first-order valence-corrected chi connectivity index (χ1v) is 4.42. The predicted molar refractivity (Wildman–Crippen MR) is 54.9 cm³/mol. The number of para-hydroxylation sites is 1. The molecule has 0 aliphatic carbocycles. The van der Waals surface area contributed by atoms with Crippen molar-refractivity contribution in [2.24, 2.45) is 0 Å². The van der Waals surface area contributed by atoms with Crippen molar-refractivity contribution in [3.63, 3.8) is 0 Å². The Morgan fingerprint density at radius 3 is 2.75 bits per heavy atom. The van der Waals surface area contributed by atoms with Gasteiger partial charge in [-0.05, 0) is 17.1 Å². The fourth-order valence-electron chi connectivity index (χ4n) is 1.31. The smallest absolute Gasteiger partial charge is 0.358 e. The van der Waals surface area contributed by atoms with Gasteiger partial charge in [-0.1, -0.05) is 12.1 Å². The van der Waals surface area contributed by atoms with Crippen LogP contribution in [0.15, 0.2) is 36.5 Å². The molecule has 0 saturated carbocycles. The van der Waals surface area contributed by atoms with Gasteiger partial charge in [-0.3, -0.25) is 0 Å². The number of benzene rings is 1. The second-order valence-electron chi connectivity index (χ2n) is 3.00. The highest BCUT2D eigenvalue weighted by Gasteiger charge is 2.13. The van der Waals surface area contributed by atoms with E-state index in [0.717, 1.165) is 0 Å². The van der Waals surface area contributed by atoms with Gasteiger partial charge in [0.1, 0.15) is 11.8 Å². The molecule has 78 valence electrons. The first-order chi connectivity index (χ1) is 7.72. The summed E-state index contributed by atoms with van der Waals surface area (Å²) in [5, 5.41) is 23.1. The van der Waals surface area contributed by atoms with Gasteiger partial charge >= 0.3 is 5.82 Å². The standard InChI is InChI=1S/C10H6N4O2/c11-7-8-3-1-2-4-9(8)13-6-5-10(12-13)14(15)16/h1-6H. The molecule has 0 N–H and O–H groups in total. The van der Waals surface area contributed by atoms with E-state index in [9.17, 15) is 10.1 Å². The van der Waals surface area contributed by atoms with Crippen molar-refractivity contribution in [3.8, 4) is 11.8 Å². The molecule has 16 heavy (non-hydrogen) atoms. The molecule has 0 spiro atoms. The van der Waals surface area contributed by atoms with Gasteiger partial charge in [-0.15, -0.1) is 4.68 Å². The Hall–Kier alpha value is -2.68. The second-order valence-corrected chi connectivity index (χ2v) is 3.00. The fourth-order valence-corrected chi connectivity index (χ4v) is 1.31. The lowest BCUT2D eigenvalue weighted by Gasteiger charge is -1.98.